The second kappa shape index (κ2) is 11.2. The van der Waals surface area contributed by atoms with Gasteiger partial charge in [0.25, 0.3) is 0 Å². The van der Waals surface area contributed by atoms with E-state index in [9.17, 15) is 17.6 Å². The average Bonchev–Trinajstić information content (AvgIpc) is 2.67. The summed E-state index contributed by atoms with van der Waals surface area (Å²) in [6.45, 7) is 6.81. The molecule has 0 spiro atoms. The Morgan fingerprint density at radius 1 is 1.17 bits per heavy atom. The van der Waals surface area contributed by atoms with Crippen LogP contribution in [0.25, 0.3) is 0 Å². The summed E-state index contributed by atoms with van der Waals surface area (Å²) in [7, 11) is 1.44. The van der Waals surface area contributed by atoms with Crippen LogP contribution in [0.2, 0.25) is 0 Å². The van der Waals surface area contributed by atoms with Gasteiger partial charge in [-0.1, -0.05) is 6.07 Å². The van der Waals surface area contributed by atoms with Crippen LogP contribution in [0.15, 0.2) is 23.2 Å². The first-order valence-corrected chi connectivity index (χ1v) is 9.97. The molecule has 164 valence electrons. The molecule has 1 aliphatic rings. The van der Waals surface area contributed by atoms with Crippen LogP contribution in [0, 0.1) is 5.82 Å². The quantitative estimate of drug-likeness (QED) is 0.303. The van der Waals surface area contributed by atoms with Gasteiger partial charge in [-0.15, -0.1) is 0 Å². The number of nitrogens with zero attached hydrogens (tertiary/aromatic N) is 3. The zero-order valence-electron chi connectivity index (χ0n) is 17.1. The van der Waals surface area contributed by atoms with E-state index in [1.165, 1.54) is 13.2 Å². The van der Waals surface area contributed by atoms with Gasteiger partial charge in [0.2, 0.25) is 0 Å². The van der Waals surface area contributed by atoms with Gasteiger partial charge < -0.3 is 15.0 Å². The van der Waals surface area contributed by atoms with Crippen LogP contribution < -0.4 is 10.1 Å². The molecule has 1 fully saturated rings. The van der Waals surface area contributed by atoms with E-state index in [4.69, 9.17) is 4.74 Å². The normalized spacial score (nSPS) is 16.2. The maximum absolute atomic E-state index is 13.9. The number of rotatable bonds is 8. The minimum atomic E-state index is -4.10. The fraction of sp³-hybridized carbons (Fsp3) is 0.650. The number of nitrogens with one attached hydrogen (secondary N) is 1. The van der Waals surface area contributed by atoms with Crippen LogP contribution in [0.5, 0.6) is 5.75 Å². The monoisotopic (exact) mass is 418 g/mol. The first-order chi connectivity index (χ1) is 13.8. The van der Waals surface area contributed by atoms with Crippen molar-refractivity contribution in [2.75, 3.05) is 46.4 Å². The standard InChI is InChI=1S/C20H30F4N4O/c1-3-25-19(26-9-5-4-8-20(22,23)24)28-12-10-27(11-13-28)15-16-6-7-18(29-2)17(21)14-16/h6-7,14H,3-5,8-13,15H2,1-2H3,(H,25,26). The summed E-state index contributed by atoms with van der Waals surface area (Å²) in [5.41, 5.74) is 0.891. The van der Waals surface area contributed by atoms with Crippen molar-refractivity contribution in [3.63, 3.8) is 0 Å². The van der Waals surface area contributed by atoms with Gasteiger partial charge in [-0.2, -0.15) is 13.2 Å². The molecule has 1 saturated heterocycles. The Morgan fingerprint density at radius 2 is 1.90 bits per heavy atom. The minimum Gasteiger partial charge on any atom is -0.494 e. The fourth-order valence-electron chi connectivity index (χ4n) is 3.23. The van der Waals surface area contributed by atoms with Gasteiger partial charge in [-0.25, -0.2) is 4.39 Å². The number of aliphatic imine (C=N–C) groups is 1. The van der Waals surface area contributed by atoms with Crippen LogP contribution in [0.1, 0.15) is 31.7 Å². The second-order valence-corrected chi connectivity index (χ2v) is 7.04. The maximum Gasteiger partial charge on any atom is 0.389 e. The zero-order chi connectivity index (χ0) is 21.3. The van der Waals surface area contributed by atoms with Crippen LogP contribution in [-0.4, -0.2) is 68.3 Å². The number of piperazine rings is 1. The molecular weight excluding hydrogens is 388 g/mol. The topological polar surface area (TPSA) is 40.1 Å². The molecule has 1 aromatic carbocycles. The van der Waals surface area contributed by atoms with E-state index in [1.807, 2.05) is 13.0 Å². The van der Waals surface area contributed by atoms with E-state index in [1.54, 1.807) is 6.07 Å². The molecule has 0 radical (unpaired) electrons. The maximum atomic E-state index is 13.9. The SMILES string of the molecule is CCNC(=NCCCCC(F)(F)F)N1CCN(Cc2ccc(OC)c(F)c2)CC1. The van der Waals surface area contributed by atoms with E-state index in [0.717, 1.165) is 37.7 Å². The third-order valence-electron chi connectivity index (χ3n) is 4.76. The summed E-state index contributed by atoms with van der Waals surface area (Å²) in [5.74, 6) is 0.616. The predicted molar refractivity (Wildman–Crippen MR) is 106 cm³/mol. The van der Waals surface area contributed by atoms with E-state index >= 15 is 0 Å². The lowest BCUT2D eigenvalue weighted by molar-refractivity contribution is -0.135. The van der Waals surface area contributed by atoms with Gasteiger partial charge >= 0.3 is 6.18 Å². The van der Waals surface area contributed by atoms with Crippen molar-refractivity contribution >= 4 is 5.96 Å². The molecule has 0 amide bonds. The number of guanidine groups is 1. The molecule has 0 unspecified atom stereocenters. The molecule has 1 heterocycles. The third kappa shape index (κ3) is 8.08. The molecule has 1 aromatic rings. The van der Waals surface area contributed by atoms with Crippen LogP contribution in [0.4, 0.5) is 17.6 Å². The smallest absolute Gasteiger partial charge is 0.389 e. The molecule has 0 aliphatic carbocycles. The molecule has 0 atom stereocenters. The molecule has 0 saturated carbocycles. The lowest BCUT2D eigenvalue weighted by Crippen LogP contribution is -2.52. The van der Waals surface area contributed by atoms with Crippen molar-refractivity contribution in [1.82, 2.24) is 15.1 Å². The lowest BCUT2D eigenvalue weighted by atomic mass is 10.2. The molecule has 5 nitrogen and oxygen atoms in total. The van der Waals surface area contributed by atoms with Crippen molar-refractivity contribution in [3.8, 4) is 5.75 Å². The average molecular weight is 418 g/mol. The zero-order valence-corrected chi connectivity index (χ0v) is 17.1. The third-order valence-corrected chi connectivity index (χ3v) is 4.76. The predicted octanol–water partition coefficient (Wildman–Crippen LogP) is 3.65. The molecule has 29 heavy (non-hydrogen) atoms. The number of hydrogen-bond acceptors (Lipinski definition) is 3. The van der Waals surface area contributed by atoms with Crippen molar-refractivity contribution in [2.45, 2.75) is 38.9 Å². The second-order valence-electron chi connectivity index (χ2n) is 7.04. The Kier molecular flexibility index (Phi) is 9.00. The van der Waals surface area contributed by atoms with Gasteiger partial charge in [0, 0.05) is 52.2 Å². The first kappa shape index (κ1) is 23.3. The van der Waals surface area contributed by atoms with Crippen molar-refractivity contribution < 1.29 is 22.3 Å². The molecule has 9 heteroatoms. The van der Waals surface area contributed by atoms with E-state index < -0.39 is 12.6 Å². The van der Waals surface area contributed by atoms with Crippen LogP contribution in [-0.2, 0) is 6.54 Å². The number of alkyl halides is 3. The Morgan fingerprint density at radius 3 is 2.48 bits per heavy atom. The number of benzene rings is 1. The van der Waals surface area contributed by atoms with Crippen molar-refractivity contribution in [3.05, 3.63) is 29.6 Å². The van der Waals surface area contributed by atoms with Crippen LogP contribution in [0.3, 0.4) is 0 Å². The highest BCUT2D eigenvalue weighted by atomic mass is 19.4. The number of halogens is 4. The van der Waals surface area contributed by atoms with Crippen molar-refractivity contribution in [1.29, 1.82) is 0 Å². The molecule has 1 N–H and O–H groups in total. The molecule has 0 bridgehead atoms. The number of methoxy groups -OCH3 is 1. The summed E-state index contributed by atoms with van der Waals surface area (Å²) >= 11 is 0. The van der Waals surface area contributed by atoms with Gasteiger partial charge in [0.15, 0.2) is 17.5 Å². The first-order valence-electron chi connectivity index (χ1n) is 9.97. The summed E-state index contributed by atoms with van der Waals surface area (Å²) in [6.07, 6.45) is -4.35. The van der Waals surface area contributed by atoms with Gasteiger partial charge in [-0.3, -0.25) is 9.89 Å². The summed E-state index contributed by atoms with van der Waals surface area (Å²) in [6, 6.07) is 4.99. The van der Waals surface area contributed by atoms with E-state index in [-0.39, 0.29) is 18.0 Å². The minimum absolute atomic E-state index is 0.0958. The van der Waals surface area contributed by atoms with Crippen molar-refractivity contribution in [2.24, 2.45) is 4.99 Å². The summed E-state index contributed by atoms with van der Waals surface area (Å²) in [4.78, 5) is 8.84. The number of ether oxygens (including phenoxy) is 1. The number of unbranched alkanes of at least 4 members (excludes halogenated alkanes) is 1. The molecule has 0 aromatic heterocycles. The Bertz CT molecular complexity index is 658. The van der Waals surface area contributed by atoms with Gasteiger partial charge in [0.05, 0.1) is 7.11 Å². The highest BCUT2D eigenvalue weighted by Gasteiger charge is 2.26. The number of hydrogen-bond donors (Lipinski definition) is 1. The lowest BCUT2D eigenvalue weighted by Gasteiger charge is -2.36. The highest BCUT2D eigenvalue weighted by Crippen LogP contribution is 2.22. The largest absolute Gasteiger partial charge is 0.494 e. The molecule has 2 rings (SSSR count). The van der Waals surface area contributed by atoms with E-state index in [2.05, 4.69) is 20.1 Å². The van der Waals surface area contributed by atoms with E-state index in [0.29, 0.717) is 26.1 Å². The Hall–Kier alpha value is -2.03. The van der Waals surface area contributed by atoms with Gasteiger partial charge in [-0.05, 0) is 37.5 Å². The van der Waals surface area contributed by atoms with Crippen LogP contribution >= 0.6 is 0 Å². The Labute approximate surface area is 169 Å². The Balaban J connectivity index is 1.81. The summed E-state index contributed by atoms with van der Waals surface area (Å²) < 4.78 is 55.5. The molecule has 1 aliphatic heterocycles. The summed E-state index contributed by atoms with van der Waals surface area (Å²) in [5, 5.41) is 3.22. The molecular formula is C20H30F4N4O. The highest BCUT2D eigenvalue weighted by molar-refractivity contribution is 5.80. The van der Waals surface area contributed by atoms with Gasteiger partial charge in [0.1, 0.15) is 0 Å². The fourth-order valence-corrected chi connectivity index (χ4v) is 3.23.